The fourth-order valence-electron chi connectivity index (χ4n) is 2.99. The predicted octanol–water partition coefficient (Wildman–Crippen LogP) is 3.82. The number of carbonyl (C=O) groups excluding carboxylic acids is 1. The van der Waals surface area contributed by atoms with Gasteiger partial charge < -0.3 is 9.64 Å². The summed E-state index contributed by atoms with van der Waals surface area (Å²) < 4.78 is 19.5. The van der Waals surface area contributed by atoms with Gasteiger partial charge >= 0.3 is 6.09 Å². The van der Waals surface area contributed by atoms with Crippen LogP contribution in [0.1, 0.15) is 45.1 Å². The van der Waals surface area contributed by atoms with Gasteiger partial charge in [0.15, 0.2) is 0 Å². The van der Waals surface area contributed by atoms with Crippen molar-refractivity contribution in [2.24, 2.45) is 0 Å². The third-order valence-electron chi connectivity index (χ3n) is 4.14. The molecule has 0 atom stereocenters. The summed E-state index contributed by atoms with van der Waals surface area (Å²) in [5.41, 5.74) is 0.934. The van der Waals surface area contributed by atoms with Crippen LogP contribution in [0.5, 0.6) is 0 Å². The number of nitrogens with zero attached hydrogens (tertiary/aromatic N) is 2. The first-order chi connectivity index (χ1) is 10.8. The van der Waals surface area contributed by atoms with Crippen molar-refractivity contribution in [3.63, 3.8) is 0 Å². The number of ether oxygens (including phenoxy) is 1. The molecule has 0 aliphatic carbocycles. The minimum atomic E-state index is -0.483. The number of amides is 1. The van der Waals surface area contributed by atoms with Crippen LogP contribution in [0.25, 0.3) is 10.9 Å². The molecule has 6 heteroatoms. The molecule has 1 aromatic carbocycles. The van der Waals surface area contributed by atoms with E-state index in [0.717, 1.165) is 23.8 Å². The Hall–Kier alpha value is -2.11. The lowest BCUT2D eigenvalue weighted by Gasteiger charge is -2.33. The van der Waals surface area contributed by atoms with E-state index in [0.29, 0.717) is 18.6 Å². The van der Waals surface area contributed by atoms with Crippen LogP contribution in [0.15, 0.2) is 18.3 Å². The Morgan fingerprint density at radius 1 is 1.35 bits per heavy atom. The van der Waals surface area contributed by atoms with E-state index in [2.05, 4.69) is 10.2 Å². The van der Waals surface area contributed by atoms with Gasteiger partial charge in [-0.25, -0.2) is 9.18 Å². The zero-order valence-electron chi connectivity index (χ0n) is 13.7. The second-order valence-electron chi connectivity index (χ2n) is 7.08. The third-order valence-corrected chi connectivity index (χ3v) is 4.14. The lowest BCUT2D eigenvalue weighted by atomic mass is 9.89. The van der Waals surface area contributed by atoms with Gasteiger partial charge in [-0.15, -0.1) is 0 Å². The molecule has 1 N–H and O–H groups in total. The molecule has 0 spiro atoms. The van der Waals surface area contributed by atoms with Crippen LogP contribution >= 0.6 is 0 Å². The number of fused-ring (bicyclic) bond motifs is 1. The van der Waals surface area contributed by atoms with Crippen LogP contribution in [-0.4, -0.2) is 39.9 Å². The molecular weight excluding hydrogens is 297 g/mol. The van der Waals surface area contributed by atoms with Crippen LogP contribution in [0.3, 0.4) is 0 Å². The van der Waals surface area contributed by atoms with Gasteiger partial charge in [-0.1, -0.05) is 0 Å². The van der Waals surface area contributed by atoms with Crippen molar-refractivity contribution in [2.75, 3.05) is 13.1 Å². The van der Waals surface area contributed by atoms with Crippen LogP contribution in [-0.2, 0) is 4.74 Å². The minimum absolute atomic E-state index is 0.252. The number of piperidine rings is 1. The van der Waals surface area contributed by atoms with E-state index in [1.165, 1.54) is 0 Å². The van der Waals surface area contributed by atoms with E-state index >= 15 is 0 Å². The summed E-state index contributed by atoms with van der Waals surface area (Å²) in [6.45, 7) is 6.84. The molecule has 1 fully saturated rings. The Bertz CT molecular complexity index is 712. The van der Waals surface area contributed by atoms with Gasteiger partial charge in [0, 0.05) is 18.5 Å². The highest BCUT2D eigenvalue weighted by atomic mass is 19.1. The highest BCUT2D eigenvalue weighted by Crippen LogP contribution is 2.31. The molecule has 5 nitrogen and oxygen atoms in total. The summed E-state index contributed by atoms with van der Waals surface area (Å²) in [7, 11) is 0. The molecule has 0 unspecified atom stereocenters. The van der Waals surface area contributed by atoms with Crippen molar-refractivity contribution in [1.29, 1.82) is 0 Å². The average Bonchev–Trinajstić information content (AvgIpc) is 2.94. The molecule has 2 heterocycles. The Labute approximate surface area is 134 Å². The van der Waals surface area contributed by atoms with E-state index < -0.39 is 5.60 Å². The minimum Gasteiger partial charge on any atom is -0.444 e. The van der Waals surface area contributed by atoms with E-state index in [-0.39, 0.29) is 17.8 Å². The number of H-pyrrole nitrogens is 1. The Morgan fingerprint density at radius 3 is 2.70 bits per heavy atom. The summed E-state index contributed by atoms with van der Waals surface area (Å²) in [4.78, 5) is 13.8. The Balaban J connectivity index is 1.67. The molecule has 124 valence electrons. The molecule has 23 heavy (non-hydrogen) atoms. The van der Waals surface area contributed by atoms with Gasteiger partial charge in [-0.05, 0) is 57.2 Å². The maximum absolute atomic E-state index is 14.1. The van der Waals surface area contributed by atoms with Crippen molar-refractivity contribution in [3.05, 3.63) is 29.7 Å². The number of benzene rings is 1. The van der Waals surface area contributed by atoms with E-state index in [9.17, 15) is 9.18 Å². The number of halogens is 1. The van der Waals surface area contributed by atoms with Gasteiger partial charge in [-0.2, -0.15) is 5.10 Å². The van der Waals surface area contributed by atoms with Gasteiger partial charge in [0.1, 0.15) is 16.9 Å². The number of likely N-dealkylation sites (tertiary alicyclic amines) is 1. The molecule has 0 radical (unpaired) electrons. The molecule has 2 aromatic rings. The standard InChI is InChI=1S/C17H22FN3O2/c1-17(2,3)23-16(22)21-6-4-11(5-7-21)12-8-13-10-19-20-15(13)14(18)9-12/h8-11H,4-7H2,1-3H3,(H,19,20). The first kappa shape index (κ1) is 15.8. The van der Waals surface area contributed by atoms with Crippen molar-refractivity contribution < 1.29 is 13.9 Å². The second-order valence-corrected chi connectivity index (χ2v) is 7.08. The van der Waals surface area contributed by atoms with E-state index in [1.807, 2.05) is 26.8 Å². The normalized spacial score (nSPS) is 16.8. The van der Waals surface area contributed by atoms with Gasteiger partial charge in [0.25, 0.3) is 0 Å². The van der Waals surface area contributed by atoms with Crippen LogP contribution in [0.4, 0.5) is 9.18 Å². The number of aromatic nitrogens is 2. The maximum Gasteiger partial charge on any atom is 0.410 e. The molecule has 0 bridgehead atoms. The monoisotopic (exact) mass is 319 g/mol. The summed E-state index contributed by atoms with van der Waals surface area (Å²) in [6, 6.07) is 3.56. The highest BCUT2D eigenvalue weighted by Gasteiger charge is 2.27. The third kappa shape index (κ3) is 3.46. The second kappa shape index (κ2) is 5.83. The SMILES string of the molecule is CC(C)(C)OC(=O)N1CCC(c2cc(F)c3[nH]ncc3c2)CC1. The first-order valence-electron chi connectivity index (χ1n) is 7.94. The summed E-state index contributed by atoms with van der Waals surface area (Å²) in [5.74, 6) is -0.0212. The fraction of sp³-hybridized carbons (Fsp3) is 0.529. The molecular formula is C17H22FN3O2. The summed E-state index contributed by atoms with van der Waals surface area (Å²) >= 11 is 0. The number of hydrogen-bond donors (Lipinski definition) is 1. The lowest BCUT2D eigenvalue weighted by molar-refractivity contribution is 0.0205. The molecule has 1 saturated heterocycles. The summed E-state index contributed by atoms with van der Waals surface area (Å²) in [5, 5.41) is 7.34. The quantitative estimate of drug-likeness (QED) is 0.869. The number of aromatic amines is 1. The molecule has 1 aliphatic heterocycles. The molecule has 0 saturated carbocycles. The lowest BCUT2D eigenvalue weighted by Crippen LogP contribution is -2.41. The van der Waals surface area contributed by atoms with Gasteiger partial charge in [-0.3, -0.25) is 5.10 Å². The fourth-order valence-corrected chi connectivity index (χ4v) is 2.99. The maximum atomic E-state index is 14.1. The van der Waals surface area contributed by atoms with Crippen molar-refractivity contribution >= 4 is 17.0 Å². The predicted molar refractivity (Wildman–Crippen MR) is 85.8 cm³/mol. The topological polar surface area (TPSA) is 58.2 Å². The molecule has 1 aliphatic rings. The summed E-state index contributed by atoms with van der Waals surface area (Å²) in [6.07, 6.45) is 2.98. The number of rotatable bonds is 1. The zero-order chi connectivity index (χ0) is 16.6. The number of carbonyl (C=O) groups is 1. The number of hydrogen-bond acceptors (Lipinski definition) is 3. The van der Waals surface area contributed by atoms with Crippen LogP contribution < -0.4 is 0 Å². The number of nitrogens with one attached hydrogen (secondary N) is 1. The van der Waals surface area contributed by atoms with Crippen LogP contribution in [0.2, 0.25) is 0 Å². The smallest absolute Gasteiger partial charge is 0.410 e. The average molecular weight is 319 g/mol. The van der Waals surface area contributed by atoms with Crippen molar-refractivity contribution in [1.82, 2.24) is 15.1 Å². The van der Waals surface area contributed by atoms with E-state index in [4.69, 9.17) is 4.74 Å². The van der Waals surface area contributed by atoms with Crippen molar-refractivity contribution in [3.8, 4) is 0 Å². The first-order valence-corrected chi connectivity index (χ1v) is 7.94. The largest absolute Gasteiger partial charge is 0.444 e. The Kier molecular flexibility index (Phi) is 4.00. The zero-order valence-corrected chi connectivity index (χ0v) is 13.7. The molecule has 1 amide bonds. The van der Waals surface area contributed by atoms with E-state index in [1.54, 1.807) is 17.2 Å². The van der Waals surface area contributed by atoms with Crippen LogP contribution in [0, 0.1) is 5.82 Å². The Morgan fingerprint density at radius 2 is 2.04 bits per heavy atom. The highest BCUT2D eigenvalue weighted by molar-refractivity contribution is 5.79. The van der Waals surface area contributed by atoms with Gasteiger partial charge in [0.05, 0.1) is 6.20 Å². The van der Waals surface area contributed by atoms with Gasteiger partial charge in [0.2, 0.25) is 0 Å². The van der Waals surface area contributed by atoms with Crippen molar-refractivity contribution in [2.45, 2.75) is 45.1 Å². The molecule has 1 aromatic heterocycles. The molecule has 3 rings (SSSR count).